The second-order valence-electron chi connectivity index (χ2n) is 4.59. The van der Waals surface area contributed by atoms with E-state index >= 15 is 0 Å². The number of nitrogens with one attached hydrogen (secondary N) is 2. The van der Waals surface area contributed by atoms with Gasteiger partial charge in [-0.3, -0.25) is 4.79 Å². The summed E-state index contributed by atoms with van der Waals surface area (Å²) in [5.74, 6) is 0.997. The Labute approximate surface area is 106 Å². The first-order valence-corrected chi connectivity index (χ1v) is 6.18. The third-order valence-electron chi connectivity index (χ3n) is 2.57. The number of hydrogen-bond donors (Lipinski definition) is 2. The molecule has 18 heavy (non-hydrogen) atoms. The predicted octanol–water partition coefficient (Wildman–Crippen LogP) is 1.41. The summed E-state index contributed by atoms with van der Waals surface area (Å²) >= 11 is 0. The van der Waals surface area contributed by atoms with E-state index < -0.39 is 0 Å². The maximum Gasteiger partial charge on any atom is 0.254 e. The molecular formula is C12H18N4O2. The predicted molar refractivity (Wildman–Crippen MR) is 68.4 cm³/mol. The van der Waals surface area contributed by atoms with Gasteiger partial charge in [0.15, 0.2) is 5.82 Å². The van der Waals surface area contributed by atoms with Crippen LogP contribution in [0.1, 0.15) is 26.7 Å². The van der Waals surface area contributed by atoms with Crippen LogP contribution in [0.4, 0.5) is 11.6 Å². The van der Waals surface area contributed by atoms with Crippen molar-refractivity contribution in [3.05, 3.63) is 12.1 Å². The molecule has 1 aliphatic heterocycles. The van der Waals surface area contributed by atoms with Gasteiger partial charge in [0.1, 0.15) is 11.9 Å². The number of ether oxygens (including phenoxy) is 1. The zero-order valence-electron chi connectivity index (χ0n) is 10.6. The lowest BCUT2D eigenvalue weighted by Crippen LogP contribution is -2.27. The highest BCUT2D eigenvalue weighted by molar-refractivity contribution is 5.93. The third-order valence-corrected chi connectivity index (χ3v) is 2.57. The van der Waals surface area contributed by atoms with Crippen LogP contribution in [0.5, 0.6) is 0 Å². The number of hydrogen-bond acceptors (Lipinski definition) is 5. The minimum Gasteiger partial charge on any atom is -0.368 e. The van der Waals surface area contributed by atoms with Gasteiger partial charge in [0.25, 0.3) is 5.91 Å². The quantitative estimate of drug-likeness (QED) is 0.845. The molecule has 1 atom stereocenters. The van der Waals surface area contributed by atoms with Gasteiger partial charge in [-0.15, -0.1) is 10.2 Å². The fourth-order valence-electron chi connectivity index (χ4n) is 1.76. The van der Waals surface area contributed by atoms with E-state index in [4.69, 9.17) is 4.74 Å². The first-order chi connectivity index (χ1) is 8.65. The fourth-order valence-corrected chi connectivity index (χ4v) is 1.76. The summed E-state index contributed by atoms with van der Waals surface area (Å²) in [4.78, 5) is 11.8. The van der Waals surface area contributed by atoms with Gasteiger partial charge in [0.2, 0.25) is 0 Å². The van der Waals surface area contributed by atoms with Crippen LogP contribution in [0, 0.1) is 0 Å². The van der Waals surface area contributed by atoms with Gasteiger partial charge in [-0.2, -0.15) is 0 Å². The van der Waals surface area contributed by atoms with Crippen LogP contribution < -0.4 is 10.6 Å². The van der Waals surface area contributed by atoms with Gasteiger partial charge in [-0.25, -0.2) is 0 Å². The van der Waals surface area contributed by atoms with Gasteiger partial charge < -0.3 is 15.4 Å². The van der Waals surface area contributed by atoms with Crippen LogP contribution in [0.3, 0.4) is 0 Å². The topological polar surface area (TPSA) is 76.1 Å². The van der Waals surface area contributed by atoms with Crippen molar-refractivity contribution in [3.8, 4) is 0 Å². The largest absolute Gasteiger partial charge is 0.368 e. The summed E-state index contributed by atoms with van der Waals surface area (Å²) < 4.78 is 5.29. The van der Waals surface area contributed by atoms with Crippen molar-refractivity contribution >= 4 is 17.5 Å². The molecule has 98 valence electrons. The standard InChI is InChI=1S/C12H18N4O2/c1-8(2)13-10-5-6-11(16-15-10)14-12(17)9-4-3-7-18-9/h5-6,8-9H,3-4,7H2,1-2H3,(H,13,15)(H,14,16,17). The minimum atomic E-state index is -0.347. The monoisotopic (exact) mass is 250 g/mol. The van der Waals surface area contributed by atoms with Gasteiger partial charge in [0.05, 0.1) is 0 Å². The molecule has 2 heterocycles. The van der Waals surface area contributed by atoms with Crippen LogP contribution in [0.25, 0.3) is 0 Å². The molecule has 1 saturated heterocycles. The molecule has 1 amide bonds. The molecule has 0 spiro atoms. The zero-order chi connectivity index (χ0) is 13.0. The number of aromatic nitrogens is 2. The summed E-state index contributed by atoms with van der Waals surface area (Å²) in [6.45, 7) is 4.70. The smallest absolute Gasteiger partial charge is 0.254 e. The Hall–Kier alpha value is -1.69. The molecule has 1 fully saturated rings. The summed E-state index contributed by atoms with van der Waals surface area (Å²) in [6, 6.07) is 3.81. The van der Waals surface area contributed by atoms with Crippen LogP contribution >= 0.6 is 0 Å². The third kappa shape index (κ3) is 3.40. The number of carbonyl (C=O) groups excluding carboxylic acids is 1. The minimum absolute atomic E-state index is 0.147. The van der Waals surface area contributed by atoms with Crippen molar-refractivity contribution in [2.75, 3.05) is 17.2 Å². The van der Waals surface area contributed by atoms with E-state index in [2.05, 4.69) is 20.8 Å². The average molecular weight is 250 g/mol. The van der Waals surface area contributed by atoms with Crippen molar-refractivity contribution in [1.29, 1.82) is 0 Å². The maximum atomic E-state index is 11.8. The molecule has 2 rings (SSSR count). The van der Waals surface area contributed by atoms with Gasteiger partial charge in [-0.05, 0) is 38.8 Å². The van der Waals surface area contributed by atoms with Crippen molar-refractivity contribution in [1.82, 2.24) is 10.2 Å². The van der Waals surface area contributed by atoms with Crippen LogP contribution in [0.2, 0.25) is 0 Å². The number of carbonyl (C=O) groups is 1. The Balaban J connectivity index is 1.91. The molecule has 6 nitrogen and oxygen atoms in total. The lowest BCUT2D eigenvalue weighted by Gasteiger charge is -2.10. The Bertz CT molecular complexity index is 399. The summed E-state index contributed by atoms with van der Waals surface area (Å²) in [7, 11) is 0. The maximum absolute atomic E-state index is 11.8. The first kappa shape index (κ1) is 12.8. The zero-order valence-corrected chi connectivity index (χ0v) is 10.6. The van der Waals surface area contributed by atoms with E-state index in [0.717, 1.165) is 12.8 Å². The summed E-state index contributed by atoms with van der Waals surface area (Å²) in [6.07, 6.45) is 1.35. The van der Waals surface area contributed by atoms with E-state index in [-0.39, 0.29) is 12.0 Å². The van der Waals surface area contributed by atoms with E-state index in [1.54, 1.807) is 12.1 Å². The molecule has 1 aliphatic rings. The number of amides is 1. The van der Waals surface area contributed by atoms with Crippen LogP contribution in [-0.2, 0) is 9.53 Å². The molecule has 6 heteroatoms. The molecule has 0 bridgehead atoms. The lowest BCUT2D eigenvalue weighted by molar-refractivity contribution is -0.124. The number of rotatable bonds is 4. The van der Waals surface area contributed by atoms with Gasteiger partial charge in [0, 0.05) is 12.6 Å². The second kappa shape index (κ2) is 5.77. The van der Waals surface area contributed by atoms with Crippen molar-refractivity contribution in [2.45, 2.75) is 38.8 Å². The molecule has 1 aromatic rings. The number of anilines is 2. The van der Waals surface area contributed by atoms with E-state index in [1.807, 2.05) is 13.8 Å². The first-order valence-electron chi connectivity index (χ1n) is 6.18. The average Bonchev–Trinajstić information content (AvgIpc) is 2.84. The highest BCUT2D eigenvalue weighted by Crippen LogP contribution is 2.14. The molecule has 0 aliphatic carbocycles. The fraction of sp³-hybridized carbons (Fsp3) is 0.583. The van der Waals surface area contributed by atoms with Gasteiger partial charge in [-0.1, -0.05) is 0 Å². The van der Waals surface area contributed by atoms with E-state index in [0.29, 0.717) is 24.3 Å². The normalized spacial score (nSPS) is 18.9. The molecule has 2 N–H and O–H groups in total. The van der Waals surface area contributed by atoms with Crippen molar-refractivity contribution in [3.63, 3.8) is 0 Å². The summed E-state index contributed by atoms with van der Waals surface area (Å²) in [5.41, 5.74) is 0. The van der Waals surface area contributed by atoms with Crippen molar-refractivity contribution < 1.29 is 9.53 Å². The SMILES string of the molecule is CC(C)Nc1ccc(NC(=O)C2CCCO2)nn1. The summed E-state index contributed by atoms with van der Waals surface area (Å²) in [5, 5.41) is 13.8. The Kier molecular flexibility index (Phi) is 4.09. The molecule has 0 radical (unpaired) electrons. The second-order valence-corrected chi connectivity index (χ2v) is 4.59. The highest BCUT2D eigenvalue weighted by Gasteiger charge is 2.23. The van der Waals surface area contributed by atoms with Crippen LogP contribution in [0.15, 0.2) is 12.1 Å². The number of nitrogens with zero attached hydrogens (tertiary/aromatic N) is 2. The Morgan fingerprint density at radius 3 is 2.67 bits per heavy atom. The molecule has 1 unspecified atom stereocenters. The highest BCUT2D eigenvalue weighted by atomic mass is 16.5. The Morgan fingerprint density at radius 1 is 1.39 bits per heavy atom. The van der Waals surface area contributed by atoms with E-state index in [9.17, 15) is 4.79 Å². The van der Waals surface area contributed by atoms with Crippen LogP contribution in [-0.4, -0.2) is 34.9 Å². The molecule has 0 aromatic carbocycles. The molecular weight excluding hydrogens is 232 g/mol. The molecule has 1 aromatic heterocycles. The molecule has 0 saturated carbocycles. The van der Waals surface area contributed by atoms with E-state index in [1.165, 1.54) is 0 Å². The lowest BCUT2D eigenvalue weighted by atomic mass is 10.2. The van der Waals surface area contributed by atoms with Gasteiger partial charge >= 0.3 is 0 Å². The van der Waals surface area contributed by atoms with Crippen molar-refractivity contribution in [2.24, 2.45) is 0 Å². The Morgan fingerprint density at radius 2 is 2.11 bits per heavy atom.